The Kier molecular flexibility index (Phi) is 7.48. The minimum absolute atomic E-state index is 0.246. The zero-order valence-electron chi connectivity index (χ0n) is 15.4. The average molecular weight is 360 g/mol. The largest absolute Gasteiger partial charge is 0.380 e. The first kappa shape index (κ1) is 19.5. The fraction of sp³-hybridized carbons (Fsp3) is 1.00. The van der Waals surface area contributed by atoms with E-state index in [9.17, 15) is 0 Å². The van der Waals surface area contributed by atoms with Gasteiger partial charge in [-0.05, 0) is 5.92 Å². The highest BCUT2D eigenvalue weighted by molar-refractivity contribution is 4.82. The Labute approximate surface area is 150 Å². The van der Waals surface area contributed by atoms with Gasteiger partial charge < -0.3 is 33.2 Å². The molecule has 146 valence electrons. The summed E-state index contributed by atoms with van der Waals surface area (Å²) in [5.74, 6) is 0.486. The zero-order chi connectivity index (χ0) is 17.5. The van der Waals surface area contributed by atoms with Crippen LogP contribution in [0.4, 0.5) is 0 Å². The van der Waals surface area contributed by atoms with E-state index < -0.39 is 0 Å². The van der Waals surface area contributed by atoms with Crippen LogP contribution in [0.3, 0.4) is 0 Å². The summed E-state index contributed by atoms with van der Waals surface area (Å²) in [6.45, 7) is 11.4. The predicted molar refractivity (Wildman–Crippen MR) is 89.8 cm³/mol. The molecule has 0 aromatic heterocycles. The van der Waals surface area contributed by atoms with Gasteiger partial charge in [0.05, 0.1) is 71.5 Å². The normalized spacial score (nSPS) is 29.6. The van der Waals surface area contributed by atoms with Crippen LogP contribution in [0.25, 0.3) is 0 Å². The quantitative estimate of drug-likeness (QED) is 0.379. The number of hydrogen-bond donors (Lipinski definition) is 0. The van der Waals surface area contributed by atoms with E-state index in [0.717, 1.165) is 19.8 Å². The summed E-state index contributed by atoms with van der Waals surface area (Å²) in [7, 11) is 0. The Hall–Kier alpha value is -0.280. The minimum Gasteiger partial charge on any atom is -0.380 e. The van der Waals surface area contributed by atoms with Crippen molar-refractivity contribution in [3.63, 3.8) is 0 Å². The summed E-state index contributed by atoms with van der Waals surface area (Å²) in [4.78, 5) is 0. The number of rotatable bonds is 16. The highest BCUT2D eigenvalue weighted by Crippen LogP contribution is 2.24. The Morgan fingerprint density at radius 1 is 0.720 bits per heavy atom. The van der Waals surface area contributed by atoms with Gasteiger partial charge in [0.15, 0.2) is 0 Å². The second-order valence-electron chi connectivity index (χ2n) is 7.82. The zero-order valence-corrected chi connectivity index (χ0v) is 15.4. The monoisotopic (exact) mass is 360 g/mol. The van der Waals surface area contributed by atoms with Crippen molar-refractivity contribution >= 4 is 0 Å². The topological polar surface area (TPSA) is 74.5 Å². The summed E-state index contributed by atoms with van der Waals surface area (Å²) in [6.07, 6.45) is 0.738. The molecule has 0 radical (unpaired) electrons. The fourth-order valence-corrected chi connectivity index (χ4v) is 2.47. The lowest BCUT2D eigenvalue weighted by Crippen LogP contribution is -2.43. The molecule has 3 saturated heterocycles. The molecule has 7 heteroatoms. The maximum Gasteiger partial charge on any atom is 0.104 e. The van der Waals surface area contributed by atoms with Crippen LogP contribution in [0.5, 0.6) is 0 Å². The molecular weight excluding hydrogens is 328 g/mol. The Balaban J connectivity index is 1.49. The fourth-order valence-electron chi connectivity index (χ4n) is 2.47. The first-order chi connectivity index (χ1) is 12.2. The number of ether oxygens (including phenoxy) is 7. The Morgan fingerprint density at radius 3 is 1.40 bits per heavy atom. The maximum atomic E-state index is 5.95. The van der Waals surface area contributed by atoms with Crippen molar-refractivity contribution in [2.75, 3.05) is 72.7 Å². The van der Waals surface area contributed by atoms with Crippen LogP contribution < -0.4 is 0 Å². The van der Waals surface area contributed by atoms with E-state index in [-0.39, 0.29) is 23.7 Å². The lowest BCUT2D eigenvalue weighted by molar-refractivity contribution is -0.112. The van der Waals surface area contributed by atoms with Crippen molar-refractivity contribution < 1.29 is 33.2 Å². The summed E-state index contributed by atoms with van der Waals surface area (Å²) >= 11 is 0. The van der Waals surface area contributed by atoms with E-state index in [1.807, 2.05) is 0 Å². The minimum atomic E-state index is -0.326. The van der Waals surface area contributed by atoms with Gasteiger partial charge in [-0.2, -0.15) is 0 Å². The third-order valence-electron chi connectivity index (χ3n) is 4.20. The van der Waals surface area contributed by atoms with Crippen molar-refractivity contribution in [1.82, 2.24) is 0 Å². The molecule has 3 heterocycles. The van der Waals surface area contributed by atoms with Gasteiger partial charge in [0.2, 0.25) is 0 Å². The molecule has 0 aromatic rings. The van der Waals surface area contributed by atoms with E-state index in [4.69, 9.17) is 33.2 Å². The smallest absolute Gasteiger partial charge is 0.104 e. The number of hydrogen-bond acceptors (Lipinski definition) is 7. The second kappa shape index (κ2) is 9.60. The molecule has 3 rings (SSSR count). The maximum absolute atomic E-state index is 5.95. The molecule has 0 aromatic carbocycles. The first-order valence-corrected chi connectivity index (χ1v) is 9.31. The van der Waals surface area contributed by atoms with Crippen LogP contribution in [0.2, 0.25) is 0 Å². The van der Waals surface area contributed by atoms with E-state index in [0.29, 0.717) is 58.8 Å². The summed E-state index contributed by atoms with van der Waals surface area (Å²) in [6, 6.07) is 0. The molecule has 0 N–H and O–H groups in total. The molecule has 0 spiro atoms. The van der Waals surface area contributed by atoms with Gasteiger partial charge in [-0.1, -0.05) is 13.8 Å². The van der Waals surface area contributed by atoms with Crippen molar-refractivity contribution in [2.45, 2.75) is 32.2 Å². The standard InChI is InChI=1S/C18H32O7/c1-14(2)3-19-10-18(11-20-4-15-7-23-15,12-21-5-16-8-24-16)13-22-6-17-9-25-17/h14-17H,3-13H2,1-2H3. The van der Waals surface area contributed by atoms with Gasteiger partial charge in [0.25, 0.3) is 0 Å². The molecule has 3 unspecified atom stereocenters. The Morgan fingerprint density at radius 2 is 1.08 bits per heavy atom. The van der Waals surface area contributed by atoms with Crippen molar-refractivity contribution in [3.05, 3.63) is 0 Å². The third-order valence-corrected chi connectivity index (χ3v) is 4.20. The summed E-state index contributed by atoms with van der Waals surface area (Å²) in [5.41, 5.74) is -0.326. The highest BCUT2D eigenvalue weighted by atomic mass is 16.6. The van der Waals surface area contributed by atoms with E-state index >= 15 is 0 Å². The van der Waals surface area contributed by atoms with E-state index in [2.05, 4.69) is 13.8 Å². The van der Waals surface area contributed by atoms with Gasteiger partial charge in [0, 0.05) is 6.61 Å². The molecule has 3 atom stereocenters. The van der Waals surface area contributed by atoms with Crippen LogP contribution in [-0.4, -0.2) is 91.0 Å². The molecule has 0 saturated carbocycles. The molecule has 3 fully saturated rings. The second-order valence-corrected chi connectivity index (χ2v) is 7.82. The number of epoxide rings is 3. The highest BCUT2D eigenvalue weighted by Gasteiger charge is 2.36. The van der Waals surface area contributed by atoms with Gasteiger partial charge in [-0.3, -0.25) is 0 Å². The molecule has 0 bridgehead atoms. The average Bonchev–Trinajstić information content (AvgIpc) is 3.42. The van der Waals surface area contributed by atoms with Crippen LogP contribution in [-0.2, 0) is 33.2 Å². The Bertz CT molecular complexity index is 316. The lowest BCUT2D eigenvalue weighted by atomic mass is 9.92. The van der Waals surface area contributed by atoms with Crippen molar-refractivity contribution in [1.29, 1.82) is 0 Å². The van der Waals surface area contributed by atoms with Crippen LogP contribution in [0, 0.1) is 11.3 Å². The van der Waals surface area contributed by atoms with Crippen LogP contribution in [0.1, 0.15) is 13.8 Å². The van der Waals surface area contributed by atoms with Crippen molar-refractivity contribution in [3.8, 4) is 0 Å². The van der Waals surface area contributed by atoms with Crippen LogP contribution in [0.15, 0.2) is 0 Å². The van der Waals surface area contributed by atoms with Crippen LogP contribution >= 0.6 is 0 Å². The van der Waals surface area contributed by atoms with Gasteiger partial charge in [-0.15, -0.1) is 0 Å². The molecule has 25 heavy (non-hydrogen) atoms. The molecule has 0 amide bonds. The van der Waals surface area contributed by atoms with Gasteiger partial charge in [-0.25, -0.2) is 0 Å². The van der Waals surface area contributed by atoms with E-state index in [1.165, 1.54) is 0 Å². The first-order valence-electron chi connectivity index (χ1n) is 9.31. The van der Waals surface area contributed by atoms with Gasteiger partial charge >= 0.3 is 0 Å². The van der Waals surface area contributed by atoms with Gasteiger partial charge in [0.1, 0.15) is 18.3 Å². The van der Waals surface area contributed by atoms with Crippen molar-refractivity contribution in [2.24, 2.45) is 11.3 Å². The molecule has 7 nitrogen and oxygen atoms in total. The van der Waals surface area contributed by atoms with E-state index in [1.54, 1.807) is 0 Å². The summed E-state index contributed by atoms with van der Waals surface area (Å²) < 4.78 is 39.3. The third kappa shape index (κ3) is 8.30. The molecular formula is C18H32O7. The summed E-state index contributed by atoms with van der Waals surface area (Å²) in [5, 5.41) is 0. The SMILES string of the molecule is CC(C)COCC(COCC1CO1)(COCC1CO1)COCC1CO1. The lowest BCUT2D eigenvalue weighted by Gasteiger charge is -2.33. The molecule has 3 aliphatic rings. The molecule has 0 aliphatic carbocycles. The molecule has 3 aliphatic heterocycles. The predicted octanol–water partition coefficient (Wildman–Crippen LogP) is 0.892.